The third kappa shape index (κ3) is 8.81. The largest absolute Gasteiger partial charge is 0.396 e. The van der Waals surface area contributed by atoms with Gasteiger partial charge in [0.15, 0.2) is 0 Å². The second-order valence-electron chi connectivity index (χ2n) is 7.50. The Bertz CT molecular complexity index is 415. The molecule has 3 N–H and O–H groups in total. The summed E-state index contributed by atoms with van der Waals surface area (Å²) in [5.41, 5.74) is 1.96. The first kappa shape index (κ1) is 21.1. The number of aryl methyl sites for hydroxylation is 1. The van der Waals surface area contributed by atoms with Gasteiger partial charge >= 0.3 is 0 Å². The number of hydrogen-bond acceptors (Lipinski definition) is 3. The van der Waals surface area contributed by atoms with E-state index >= 15 is 0 Å². The average molecular weight is 337 g/mol. The molecule has 0 aliphatic carbocycles. The molecular formula is C21H36O3. The number of rotatable bonds is 13. The van der Waals surface area contributed by atoms with E-state index < -0.39 is 5.60 Å². The molecule has 0 aliphatic heterocycles. The zero-order valence-corrected chi connectivity index (χ0v) is 15.5. The van der Waals surface area contributed by atoms with Gasteiger partial charge in [0.05, 0.1) is 5.60 Å². The van der Waals surface area contributed by atoms with E-state index in [0.717, 1.165) is 57.8 Å². The van der Waals surface area contributed by atoms with Crippen LogP contribution in [-0.2, 0) is 12.8 Å². The van der Waals surface area contributed by atoms with E-state index in [1.807, 2.05) is 0 Å². The number of aliphatic hydroxyl groups is 3. The van der Waals surface area contributed by atoms with Gasteiger partial charge in [-0.05, 0) is 74.8 Å². The van der Waals surface area contributed by atoms with Gasteiger partial charge in [-0.15, -0.1) is 0 Å². The molecule has 1 rings (SSSR count). The zero-order valence-electron chi connectivity index (χ0n) is 15.5. The molecule has 0 unspecified atom stereocenters. The minimum atomic E-state index is -0.680. The van der Waals surface area contributed by atoms with Crippen molar-refractivity contribution >= 4 is 0 Å². The van der Waals surface area contributed by atoms with E-state index in [1.54, 1.807) is 0 Å². The Labute approximate surface area is 147 Å². The predicted octanol–water partition coefficient (Wildman–Crippen LogP) is 3.87. The maximum Gasteiger partial charge on any atom is 0.0651 e. The molecule has 3 heteroatoms. The molecule has 0 heterocycles. The van der Waals surface area contributed by atoms with Crippen molar-refractivity contribution in [2.75, 3.05) is 13.2 Å². The van der Waals surface area contributed by atoms with Crippen LogP contribution in [0.3, 0.4) is 0 Å². The standard InChI is InChI=1S/C21H36O3/c1-18(2)17-20-9-7-19(8-10-20)11-14-21(24,12-3-5-15-22)13-4-6-16-23/h7-10,18,22-24H,3-6,11-17H2,1-2H3. The monoisotopic (exact) mass is 336 g/mol. The summed E-state index contributed by atoms with van der Waals surface area (Å²) in [4.78, 5) is 0. The van der Waals surface area contributed by atoms with Gasteiger partial charge in [-0.1, -0.05) is 38.1 Å². The van der Waals surface area contributed by atoms with Crippen molar-refractivity contribution < 1.29 is 15.3 Å². The van der Waals surface area contributed by atoms with Crippen LogP contribution in [0.2, 0.25) is 0 Å². The third-order valence-electron chi connectivity index (χ3n) is 4.65. The van der Waals surface area contributed by atoms with Crippen LogP contribution in [0.25, 0.3) is 0 Å². The minimum Gasteiger partial charge on any atom is -0.396 e. The predicted molar refractivity (Wildman–Crippen MR) is 100 cm³/mol. The van der Waals surface area contributed by atoms with Gasteiger partial charge in [-0.3, -0.25) is 0 Å². The maximum absolute atomic E-state index is 10.9. The van der Waals surface area contributed by atoms with Crippen molar-refractivity contribution in [3.63, 3.8) is 0 Å². The summed E-state index contributed by atoms with van der Waals surface area (Å²) in [6.45, 7) is 4.83. The molecule has 0 saturated carbocycles. The van der Waals surface area contributed by atoms with Crippen LogP contribution in [0.4, 0.5) is 0 Å². The van der Waals surface area contributed by atoms with Gasteiger partial charge in [-0.25, -0.2) is 0 Å². The fraction of sp³-hybridized carbons (Fsp3) is 0.714. The van der Waals surface area contributed by atoms with Gasteiger partial charge in [0, 0.05) is 13.2 Å². The number of benzene rings is 1. The van der Waals surface area contributed by atoms with Crippen LogP contribution >= 0.6 is 0 Å². The summed E-state index contributed by atoms with van der Waals surface area (Å²) in [7, 11) is 0. The molecule has 0 amide bonds. The van der Waals surface area contributed by atoms with Crippen molar-refractivity contribution in [3.8, 4) is 0 Å². The van der Waals surface area contributed by atoms with Gasteiger partial charge in [0.25, 0.3) is 0 Å². The highest BCUT2D eigenvalue weighted by molar-refractivity contribution is 5.23. The normalized spacial score (nSPS) is 12.1. The summed E-state index contributed by atoms with van der Waals surface area (Å²) in [6.07, 6.45) is 7.35. The molecular weight excluding hydrogens is 300 g/mol. The second kappa shape index (κ2) is 11.6. The Morgan fingerprint density at radius 3 is 1.75 bits per heavy atom. The Balaban J connectivity index is 2.55. The lowest BCUT2D eigenvalue weighted by atomic mass is 9.85. The highest BCUT2D eigenvalue weighted by atomic mass is 16.3. The lowest BCUT2D eigenvalue weighted by molar-refractivity contribution is 0.00818. The molecule has 138 valence electrons. The molecule has 0 atom stereocenters. The van der Waals surface area contributed by atoms with Crippen molar-refractivity contribution in [1.29, 1.82) is 0 Å². The van der Waals surface area contributed by atoms with Crippen LogP contribution in [0.15, 0.2) is 24.3 Å². The topological polar surface area (TPSA) is 60.7 Å². The summed E-state index contributed by atoms with van der Waals surface area (Å²) in [6, 6.07) is 8.76. The number of hydrogen-bond donors (Lipinski definition) is 3. The van der Waals surface area contributed by atoms with Crippen LogP contribution < -0.4 is 0 Å². The highest BCUT2D eigenvalue weighted by Crippen LogP contribution is 2.27. The molecule has 1 aromatic rings. The lowest BCUT2D eigenvalue weighted by Gasteiger charge is -2.28. The lowest BCUT2D eigenvalue weighted by Crippen LogP contribution is -2.29. The van der Waals surface area contributed by atoms with Crippen molar-refractivity contribution in [2.24, 2.45) is 5.92 Å². The van der Waals surface area contributed by atoms with Crippen LogP contribution in [0.5, 0.6) is 0 Å². The van der Waals surface area contributed by atoms with Gasteiger partial charge in [-0.2, -0.15) is 0 Å². The summed E-state index contributed by atoms with van der Waals surface area (Å²) in [5.74, 6) is 0.666. The average Bonchev–Trinajstić information content (AvgIpc) is 2.54. The van der Waals surface area contributed by atoms with E-state index in [-0.39, 0.29) is 13.2 Å². The van der Waals surface area contributed by atoms with Crippen LogP contribution in [-0.4, -0.2) is 34.1 Å². The van der Waals surface area contributed by atoms with Gasteiger partial charge < -0.3 is 15.3 Å². The third-order valence-corrected chi connectivity index (χ3v) is 4.65. The highest BCUT2D eigenvalue weighted by Gasteiger charge is 2.25. The summed E-state index contributed by atoms with van der Waals surface area (Å²) < 4.78 is 0. The molecule has 3 nitrogen and oxygen atoms in total. The Morgan fingerprint density at radius 1 is 0.792 bits per heavy atom. The molecule has 0 radical (unpaired) electrons. The molecule has 0 saturated heterocycles. The summed E-state index contributed by atoms with van der Waals surface area (Å²) >= 11 is 0. The van der Waals surface area contributed by atoms with Crippen LogP contribution in [0, 0.1) is 5.92 Å². The Kier molecular flexibility index (Phi) is 10.2. The molecule has 0 bridgehead atoms. The van der Waals surface area contributed by atoms with E-state index in [0.29, 0.717) is 5.92 Å². The van der Waals surface area contributed by atoms with E-state index in [4.69, 9.17) is 10.2 Å². The molecule has 0 fully saturated rings. The fourth-order valence-corrected chi connectivity index (χ4v) is 3.20. The fourth-order valence-electron chi connectivity index (χ4n) is 3.20. The van der Waals surface area contributed by atoms with Gasteiger partial charge in [0.1, 0.15) is 0 Å². The SMILES string of the molecule is CC(C)Cc1ccc(CCC(O)(CCCCO)CCCCO)cc1. The molecule has 0 aliphatic rings. The first-order chi connectivity index (χ1) is 11.5. The number of aliphatic hydroxyl groups excluding tert-OH is 2. The maximum atomic E-state index is 10.9. The molecule has 0 spiro atoms. The second-order valence-corrected chi connectivity index (χ2v) is 7.50. The van der Waals surface area contributed by atoms with E-state index in [1.165, 1.54) is 11.1 Å². The summed E-state index contributed by atoms with van der Waals surface area (Å²) in [5, 5.41) is 28.9. The van der Waals surface area contributed by atoms with Crippen molar-refractivity contribution in [2.45, 2.75) is 77.2 Å². The van der Waals surface area contributed by atoms with Crippen LogP contribution in [0.1, 0.15) is 69.9 Å². The Morgan fingerprint density at radius 2 is 1.29 bits per heavy atom. The van der Waals surface area contributed by atoms with E-state index in [2.05, 4.69) is 38.1 Å². The van der Waals surface area contributed by atoms with Crippen molar-refractivity contribution in [3.05, 3.63) is 35.4 Å². The minimum absolute atomic E-state index is 0.185. The van der Waals surface area contributed by atoms with E-state index in [9.17, 15) is 5.11 Å². The first-order valence-corrected chi connectivity index (χ1v) is 9.51. The number of unbranched alkanes of at least 4 members (excludes halogenated alkanes) is 2. The first-order valence-electron chi connectivity index (χ1n) is 9.51. The quantitative estimate of drug-likeness (QED) is 0.479. The molecule has 0 aromatic heterocycles. The van der Waals surface area contributed by atoms with Gasteiger partial charge in [0.2, 0.25) is 0 Å². The zero-order chi connectivity index (χ0) is 17.8. The Hall–Kier alpha value is -0.900. The molecule has 24 heavy (non-hydrogen) atoms. The smallest absolute Gasteiger partial charge is 0.0651 e. The molecule has 1 aromatic carbocycles. The van der Waals surface area contributed by atoms with Crippen molar-refractivity contribution in [1.82, 2.24) is 0 Å².